The minimum absolute atomic E-state index is 0.0941. The molecule has 2 heterocycles. The Morgan fingerprint density at radius 1 is 1.28 bits per heavy atom. The molecule has 1 aromatic heterocycles. The van der Waals surface area contributed by atoms with Crippen LogP contribution in [-0.4, -0.2) is 27.4 Å². The van der Waals surface area contributed by atoms with Crippen molar-refractivity contribution in [3.8, 4) is 11.5 Å². The summed E-state index contributed by atoms with van der Waals surface area (Å²) in [5.74, 6) is 1.10. The molecule has 0 saturated carbocycles. The van der Waals surface area contributed by atoms with Crippen LogP contribution in [-0.2, 0) is 6.54 Å². The van der Waals surface area contributed by atoms with Crippen LogP contribution >= 0.6 is 0 Å². The first kappa shape index (κ1) is 18.5. The summed E-state index contributed by atoms with van der Waals surface area (Å²) in [5, 5.41) is 17.8. The molecule has 9 heteroatoms. The van der Waals surface area contributed by atoms with Gasteiger partial charge in [-0.25, -0.2) is 0 Å². The van der Waals surface area contributed by atoms with E-state index >= 15 is 0 Å². The van der Waals surface area contributed by atoms with Gasteiger partial charge in [0.25, 0.3) is 5.91 Å². The molecule has 29 heavy (non-hydrogen) atoms. The van der Waals surface area contributed by atoms with Crippen molar-refractivity contribution in [2.24, 2.45) is 0 Å². The lowest BCUT2D eigenvalue weighted by atomic mass is 10.0. The van der Waals surface area contributed by atoms with E-state index in [4.69, 9.17) is 9.47 Å². The van der Waals surface area contributed by atoms with Gasteiger partial charge in [0.1, 0.15) is 12.4 Å². The molecule has 9 nitrogen and oxygen atoms in total. The Labute approximate surface area is 166 Å². The first-order chi connectivity index (χ1) is 14.0. The van der Waals surface area contributed by atoms with Gasteiger partial charge < -0.3 is 14.8 Å². The average molecular weight is 394 g/mol. The highest BCUT2D eigenvalue weighted by molar-refractivity contribution is 5.95. The minimum Gasteiger partial charge on any atom is -0.454 e. The van der Waals surface area contributed by atoms with E-state index < -0.39 is 4.92 Å². The number of aromatic nitrogens is 2. The maximum absolute atomic E-state index is 12.9. The highest BCUT2D eigenvalue weighted by atomic mass is 16.7. The first-order valence-corrected chi connectivity index (χ1v) is 8.96. The lowest BCUT2D eigenvalue weighted by molar-refractivity contribution is -0.385. The molecule has 4 rings (SSSR count). The lowest BCUT2D eigenvalue weighted by Crippen LogP contribution is -2.27. The first-order valence-electron chi connectivity index (χ1n) is 8.96. The molecule has 1 unspecified atom stereocenters. The molecule has 148 valence electrons. The van der Waals surface area contributed by atoms with E-state index in [2.05, 4.69) is 10.4 Å². The summed E-state index contributed by atoms with van der Waals surface area (Å²) < 4.78 is 12.1. The Hall–Kier alpha value is -3.88. The Bertz CT molecular complexity index is 1080. The quantitative estimate of drug-likeness (QED) is 0.508. The van der Waals surface area contributed by atoms with E-state index in [0.29, 0.717) is 22.6 Å². The van der Waals surface area contributed by atoms with E-state index in [1.54, 1.807) is 18.2 Å². The third kappa shape index (κ3) is 3.88. The molecule has 3 aromatic rings. The number of fused-ring (bicyclic) bond motifs is 1. The Kier molecular flexibility index (Phi) is 4.86. The fourth-order valence-corrected chi connectivity index (χ4v) is 3.13. The molecular weight excluding hydrogens is 376 g/mol. The molecular formula is C20H18N4O5. The second-order valence-electron chi connectivity index (χ2n) is 6.62. The fourth-order valence-electron chi connectivity index (χ4n) is 3.13. The van der Waals surface area contributed by atoms with Crippen LogP contribution in [0.4, 0.5) is 5.69 Å². The largest absolute Gasteiger partial charge is 0.454 e. The van der Waals surface area contributed by atoms with Gasteiger partial charge in [-0.3, -0.25) is 19.6 Å². The number of hydrogen-bond acceptors (Lipinski definition) is 6. The zero-order chi connectivity index (χ0) is 20.4. The van der Waals surface area contributed by atoms with Gasteiger partial charge in [0, 0.05) is 5.56 Å². The summed E-state index contributed by atoms with van der Waals surface area (Å²) in [5.41, 5.74) is 1.99. The van der Waals surface area contributed by atoms with E-state index in [1.165, 1.54) is 17.1 Å². The Morgan fingerprint density at radius 2 is 2.07 bits per heavy atom. The van der Waals surface area contributed by atoms with E-state index in [-0.39, 0.29) is 31.0 Å². The summed E-state index contributed by atoms with van der Waals surface area (Å²) in [4.78, 5) is 23.2. The van der Waals surface area contributed by atoms with E-state index in [9.17, 15) is 14.9 Å². The van der Waals surface area contributed by atoms with Crippen LogP contribution in [0.1, 0.15) is 34.5 Å². The zero-order valence-electron chi connectivity index (χ0n) is 15.6. The number of hydrogen-bond donors (Lipinski definition) is 1. The molecule has 1 aliphatic rings. The number of nitrogens with zero attached hydrogens (tertiary/aromatic N) is 3. The number of carbonyl (C=O) groups is 1. The molecule has 1 N–H and O–H groups in total. The van der Waals surface area contributed by atoms with Crippen molar-refractivity contribution in [3.05, 3.63) is 81.7 Å². The number of nitrogens with one attached hydrogen (secondary N) is 1. The predicted molar refractivity (Wildman–Crippen MR) is 103 cm³/mol. The molecule has 1 amide bonds. The average Bonchev–Trinajstić information content (AvgIpc) is 3.37. The van der Waals surface area contributed by atoms with Gasteiger partial charge in [0.05, 0.1) is 17.5 Å². The van der Waals surface area contributed by atoms with Crippen molar-refractivity contribution in [1.82, 2.24) is 15.1 Å². The Balaban J connectivity index is 1.50. The van der Waals surface area contributed by atoms with Gasteiger partial charge in [0.15, 0.2) is 11.5 Å². The topological polar surface area (TPSA) is 109 Å². The van der Waals surface area contributed by atoms with Crippen LogP contribution in [0.15, 0.2) is 54.9 Å². The molecule has 0 fully saturated rings. The van der Waals surface area contributed by atoms with Crippen molar-refractivity contribution in [2.75, 3.05) is 6.79 Å². The smallest absolute Gasteiger partial charge is 0.307 e. The number of carbonyl (C=O) groups excluding carboxylic acids is 1. The molecule has 2 aromatic carbocycles. The standard InChI is InChI=1S/C20H18N4O5/c1-13(14-6-7-18-19(8-14)29-12-28-18)22-20(25)17-5-3-2-4-15(17)10-23-11-16(9-21-23)24(26)27/h2-9,11,13H,10,12H2,1H3,(H,22,25). The third-order valence-corrected chi connectivity index (χ3v) is 4.67. The normalized spacial score (nSPS) is 13.1. The fraction of sp³-hybridized carbons (Fsp3) is 0.200. The van der Waals surface area contributed by atoms with Gasteiger partial charge in [0.2, 0.25) is 6.79 Å². The molecule has 0 spiro atoms. The van der Waals surface area contributed by atoms with Crippen LogP contribution in [0.3, 0.4) is 0 Å². The number of amides is 1. The third-order valence-electron chi connectivity index (χ3n) is 4.67. The lowest BCUT2D eigenvalue weighted by Gasteiger charge is -2.16. The summed E-state index contributed by atoms with van der Waals surface area (Å²) in [7, 11) is 0. The van der Waals surface area contributed by atoms with Crippen LogP contribution in [0.25, 0.3) is 0 Å². The van der Waals surface area contributed by atoms with Gasteiger partial charge in [-0.1, -0.05) is 24.3 Å². The number of ether oxygens (including phenoxy) is 2. The van der Waals surface area contributed by atoms with E-state index in [0.717, 1.165) is 5.56 Å². The molecule has 1 aliphatic heterocycles. The SMILES string of the molecule is CC(NC(=O)c1ccccc1Cn1cc([N+](=O)[O-])cn1)c1ccc2c(c1)OCO2. The van der Waals surface area contributed by atoms with Crippen LogP contribution in [0.5, 0.6) is 11.5 Å². The highest BCUT2D eigenvalue weighted by Crippen LogP contribution is 2.34. The van der Waals surface area contributed by atoms with Crippen LogP contribution in [0.2, 0.25) is 0 Å². The maximum atomic E-state index is 12.9. The van der Waals surface area contributed by atoms with Crippen molar-refractivity contribution in [1.29, 1.82) is 0 Å². The summed E-state index contributed by atoms with van der Waals surface area (Å²) >= 11 is 0. The van der Waals surface area contributed by atoms with E-state index in [1.807, 2.05) is 31.2 Å². The van der Waals surface area contributed by atoms with Gasteiger partial charge >= 0.3 is 5.69 Å². The molecule has 0 bridgehead atoms. The highest BCUT2D eigenvalue weighted by Gasteiger charge is 2.19. The minimum atomic E-state index is -0.505. The maximum Gasteiger partial charge on any atom is 0.307 e. The predicted octanol–water partition coefficient (Wildman–Crippen LogP) is 3.06. The number of benzene rings is 2. The van der Waals surface area contributed by atoms with Gasteiger partial charge in [-0.05, 0) is 36.2 Å². The Morgan fingerprint density at radius 3 is 2.86 bits per heavy atom. The second-order valence-corrected chi connectivity index (χ2v) is 6.62. The summed E-state index contributed by atoms with van der Waals surface area (Å²) in [6.07, 6.45) is 2.52. The molecule has 0 radical (unpaired) electrons. The van der Waals surface area contributed by atoms with Crippen molar-refractivity contribution in [3.63, 3.8) is 0 Å². The molecule has 0 aliphatic carbocycles. The zero-order valence-corrected chi connectivity index (χ0v) is 15.6. The van der Waals surface area contributed by atoms with Gasteiger partial charge in [-0.2, -0.15) is 5.10 Å². The second kappa shape index (κ2) is 7.63. The van der Waals surface area contributed by atoms with Crippen LogP contribution < -0.4 is 14.8 Å². The number of nitro groups is 1. The number of rotatable bonds is 6. The van der Waals surface area contributed by atoms with Gasteiger partial charge in [-0.15, -0.1) is 0 Å². The molecule has 1 atom stereocenters. The summed E-state index contributed by atoms with van der Waals surface area (Å²) in [6.45, 7) is 2.32. The van der Waals surface area contributed by atoms with Crippen molar-refractivity contribution < 1.29 is 19.2 Å². The van der Waals surface area contributed by atoms with Crippen molar-refractivity contribution >= 4 is 11.6 Å². The monoisotopic (exact) mass is 394 g/mol. The summed E-state index contributed by atoms with van der Waals surface area (Å²) in [6, 6.07) is 12.4. The van der Waals surface area contributed by atoms with Crippen molar-refractivity contribution in [2.45, 2.75) is 19.5 Å². The van der Waals surface area contributed by atoms with Crippen LogP contribution in [0, 0.1) is 10.1 Å². The molecule has 0 saturated heterocycles.